The van der Waals surface area contributed by atoms with E-state index < -0.39 is 10.1 Å². The summed E-state index contributed by atoms with van der Waals surface area (Å²) in [4.78, 5) is 1.79. The van der Waals surface area contributed by atoms with Crippen LogP contribution in [0.3, 0.4) is 0 Å². The maximum atomic E-state index is 9.85. The van der Waals surface area contributed by atoms with Crippen LogP contribution in [0, 0.1) is 0 Å². The van der Waals surface area contributed by atoms with E-state index in [0.29, 0.717) is 19.6 Å². The molecule has 0 aromatic carbocycles. The van der Waals surface area contributed by atoms with E-state index >= 15 is 0 Å². The average Bonchev–Trinajstić information content (AvgIpc) is 2.27. The Morgan fingerprint density at radius 2 is 1.39 bits per heavy atom. The van der Waals surface area contributed by atoms with Gasteiger partial charge < -0.3 is 15.3 Å². The summed E-state index contributed by atoms with van der Waals surface area (Å²) in [7, 11) is -3.83. The van der Waals surface area contributed by atoms with Crippen molar-refractivity contribution in [2.75, 3.05) is 51.8 Å². The molecular formula is C8H23N3O6S. The normalized spacial score (nSPS) is 11.2. The molecular weight excluding hydrogens is 266 g/mol. The van der Waals surface area contributed by atoms with Gasteiger partial charge in [0.15, 0.2) is 0 Å². The molecule has 0 aromatic rings. The third-order valence-corrected chi connectivity index (χ3v) is 2.47. The zero-order valence-corrected chi connectivity index (χ0v) is 11.0. The summed E-state index contributed by atoms with van der Waals surface area (Å²) in [5.74, 6) is 4.37. The van der Waals surface area contributed by atoms with Crippen LogP contribution in [0.5, 0.6) is 0 Å². The van der Waals surface area contributed by atoms with Gasteiger partial charge in [0.1, 0.15) is 0 Å². The van der Waals surface area contributed by atoms with Crippen molar-refractivity contribution in [2.45, 2.75) is 0 Å². The second-order valence-electron chi connectivity index (χ2n) is 3.25. The van der Waals surface area contributed by atoms with E-state index in [1.165, 1.54) is 0 Å². The quantitative estimate of drug-likeness (QED) is 0.145. The first-order valence-electron chi connectivity index (χ1n) is 5.34. The van der Waals surface area contributed by atoms with Crippen LogP contribution in [0.25, 0.3) is 0 Å². The molecule has 0 aromatic heterocycles. The molecule has 18 heavy (non-hydrogen) atoms. The van der Waals surface area contributed by atoms with Gasteiger partial charge in [0, 0.05) is 26.2 Å². The zero-order chi connectivity index (χ0) is 14.4. The van der Waals surface area contributed by atoms with Gasteiger partial charge in [-0.15, -0.1) is 0 Å². The minimum atomic E-state index is -3.83. The molecule has 0 spiro atoms. The summed E-state index contributed by atoms with van der Waals surface area (Å²) >= 11 is 0. The Hall–Kier alpha value is -0.330. The molecule has 0 heterocycles. The minimum Gasteiger partial charge on any atom is -0.395 e. The molecule has 0 bridgehead atoms. The largest absolute Gasteiger partial charge is 0.395 e. The van der Waals surface area contributed by atoms with E-state index in [0.717, 1.165) is 0 Å². The van der Waals surface area contributed by atoms with Crippen molar-refractivity contribution in [2.24, 2.45) is 5.84 Å². The second kappa shape index (κ2) is 13.1. The molecule has 0 fully saturated rings. The van der Waals surface area contributed by atoms with E-state index in [1.54, 1.807) is 4.90 Å². The van der Waals surface area contributed by atoms with Crippen molar-refractivity contribution in [3.8, 4) is 0 Å². The van der Waals surface area contributed by atoms with E-state index in [1.807, 2.05) is 0 Å². The molecule has 112 valence electrons. The lowest BCUT2D eigenvalue weighted by Gasteiger charge is -2.17. The lowest BCUT2D eigenvalue weighted by Crippen LogP contribution is -2.32. The predicted molar refractivity (Wildman–Crippen MR) is 66.3 cm³/mol. The average molecular weight is 289 g/mol. The Kier molecular flexibility index (Phi) is 14.6. The molecule has 0 aliphatic carbocycles. The molecule has 0 unspecified atom stereocenters. The maximum Gasteiger partial charge on any atom is 0.266 e. The summed E-state index contributed by atoms with van der Waals surface area (Å²) < 4.78 is 27.7. The molecule has 0 saturated carbocycles. The Bertz CT molecular complexity index is 247. The lowest BCUT2D eigenvalue weighted by atomic mass is 10.4. The van der Waals surface area contributed by atoms with Gasteiger partial charge in [-0.3, -0.25) is 20.7 Å². The number of hydrogen-bond acceptors (Lipinski definition) is 8. The Balaban J connectivity index is 0. The summed E-state index contributed by atoms with van der Waals surface area (Å²) in [6.45, 7) is 1.82. The SMILES string of the molecule is NNCCS(=O)(=O)O.OCCN(CCO)CCO. The summed E-state index contributed by atoms with van der Waals surface area (Å²) in [6.07, 6.45) is 0. The summed E-state index contributed by atoms with van der Waals surface area (Å²) in [5, 5.41) is 25.5. The first kappa shape index (κ1) is 20.0. The highest BCUT2D eigenvalue weighted by Gasteiger charge is 2.00. The van der Waals surface area contributed by atoms with Crippen LogP contribution in [-0.2, 0) is 10.1 Å². The van der Waals surface area contributed by atoms with Gasteiger partial charge in [-0.1, -0.05) is 0 Å². The zero-order valence-electron chi connectivity index (χ0n) is 10.2. The van der Waals surface area contributed by atoms with E-state index in [-0.39, 0.29) is 32.1 Å². The third-order valence-electron chi connectivity index (χ3n) is 1.75. The van der Waals surface area contributed by atoms with Crippen LogP contribution in [0.2, 0.25) is 0 Å². The highest BCUT2D eigenvalue weighted by molar-refractivity contribution is 7.85. The highest BCUT2D eigenvalue weighted by Crippen LogP contribution is 1.84. The maximum absolute atomic E-state index is 9.85. The predicted octanol–water partition coefficient (Wildman–Crippen LogP) is -3.40. The molecule has 0 aliphatic rings. The fourth-order valence-corrected chi connectivity index (χ4v) is 1.32. The summed E-state index contributed by atoms with van der Waals surface area (Å²) in [5.41, 5.74) is 2.09. The van der Waals surface area contributed by atoms with Crippen LogP contribution >= 0.6 is 0 Å². The molecule has 0 amide bonds. The number of nitrogens with two attached hydrogens (primary N) is 1. The Morgan fingerprint density at radius 3 is 1.56 bits per heavy atom. The van der Waals surface area contributed by atoms with Crippen LogP contribution in [0.1, 0.15) is 0 Å². The van der Waals surface area contributed by atoms with Gasteiger partial charge in [-0.2, -0.15) is 8.42 Å². The third kappa shape index (κ3) is 18.0. The van der Waals surface area contributed by atoms with E-state index in [9.17, 15) is 8.42 Å². The molecule has 0 atom stereocenters. The number of aliphatic hydroxyl groups excluding tert-OH is 3. The smallest absolute Gasteiger partial charge is 0.266 e. The molecule has 7 N–H and O–H groups in total. The van der Waals surface area contributed by atoms with Crippen LogP contribution in [0.4, 0.5) is 0 Å². The second-order valence-corrected chi connectivity index (χ2v) is 4.82. The number of hydrazine groups is 1. The van der Waals surface area contributed by atoms with Crippen molar-refractivity contribution in [3.05, 3.63) is 0 Å². The van der Waals surface area contributed by atoms with Crippen molar-refractivity contribution < 1.29 is 28.3 Å². The highest BCUT2D eigenvalue weighted by atomic mass is 32.2. The number of nitrogens with zero attached hydrogens (tertiary/aromatic N) is 1. The van der Waals surface area contributed by atoms with Gasteiger partial charge >= 0.3 is 0 Å². The fourth-order valence-electron chi connectivity index (χ4n) is 0.948. The first-order chi connectivity index (χ1) is 8.41. The van der Waals surface area contributed by atoms with Crippen LogP contribution in [0.15, 0.2) is 0 Å². The summed E-state index contributed by atoms with van der Waals surface area (Å²) in [6, 6.07) is 0. The molecule has 9 nitrogen and oxygen atoms in total. The molecule has 0 radical (unpaired) electrons. The number of aliphatic hydroxyl groups is 3. The monoisotopic (exact) mass is 289 g/mol. The molecule has 0 rings (SSSR count). The van der Waals surface area contributed by atoms with Crippen LogP contribution in [-0.4, -0.2) is 84.9 Å². The number of hydrogen-bond donors (Lipinski definition) is 6. The van der Waals surface area contributed by atoms with E-state index in [2.05, 4.69) is 5.43 Å². The number of rotatable bonds is 9. The molecule has 10 heteroatoms. The number of nitrogens with one attached hydrogen (secondary N) is 1. The van der Waals surface area contributed by atoms with Gasteiger partial charge in [0.2, 0.25) is 0 Å². The fraction of sp³-hybridized carbons (Fsp3) is 1.00. The van der Waals surface area contributed by atoms with E-state index in [4.69, 9.17) is 25.7 Å². The minimum absolute atomic E-state index is 0.0683. The van der Waals surface area contributed by atoms with Gasteiger partial charge in [-0.05, 0) is 0 Å². The lowest BCUT2D eigenvalue weighted by molar-refractivity contribution is 0.136. The Morgan fingerprint density at radius 1 is 1.00 bits per heavy atom. The van der Waals surface area contributed by atoms with Crippen LogP contribution < -0.4 is 11.3 Å². The standard InChI is InChI=1S/C6H15NO3.C2H8N2O3S/c8-4-1-7(2-5-9)3-6-10;3-4-1-2-8(5,6)7/h8-10H,1-6H2;4H,1-3H2,(H,5,6,7). The topological polar surface area (TPSA) is 156 Å². The van der Waals surface area contributed by atoms with Gasteiger partial charge in [0.05, 0.1) is 25.6 Å². The van der Waals surface area contributed by atoms with Gasteiger partial charge in [0.25, 0.3) is 10.1 Å². The Labute approximate surface area is 107 Å². The molecule has 0 saturated heterocycles. The van der Waals surface area contributed by atoms with Crippen molar-refractivity contribution in [1.82, 2.24) is 10.3 Å². The van der Waals surface area contributed by atoms with Gasteiger partial charge in [-0.25, -0.2) is 0 Å². The van der Waals surface area contributed by atoms with Crippen molar-refractivity contribution in [1.29, 1.82) is 0 Å². The molecule has 0 aliphatic heterocycles. The first-order valence-corrected chi connectivity index (χ1v) is 6.95. The van der Waals surface area contributed by atoms with Crippen molar-refractivity contribution in [3.63, 3.8) is 0 Å². The van der Waals surface area contributed by atoms with Crippen molar-refractivity contribution >= 4 is 10.1 Å².